The molecule has 30 heavy (non-hydrogen) atoms. The first-order chi connectivity index (χ1) is 14.5. The van der Waals surface area contributed by atoms with Crippen LogP contribution in [0.15, 0.2) is 42.5 Å². The number of imide groups is 1. The normalized spacial score (nSPS) is 18.9. The molecule has 8 heteroatoms. The van der Waals surface area contributed by atoms with Gasteiger partial charge in [-0.2, -0.15) is 0 Å². The van der Waals surface area contributed by atoms with E-state index in [9.17, 15) is 14.4 Å². The number of aromatic amines is 1. The van der Waals surface area contributed by atoms with Crippen molar-refractivity contribution in [3.63, 3.8) is 0 Å². The van der Waals surface area contributed by atoms with Gasteiger partial charge in [0.15, 0.2) is 0 Å². The van der Waals surface area contributed by atoms with Crippen LogP contribution in [0.4, 0.5) is 4.79 Å². The molecule has 0 radical (unpaired) electrons. The Balaban J connectivity index is 1.57. The number of nitrogens with zero attached hydrogens (tertiary/aromatic N) is 3. The number of aromatic nitrogens is 2. The minimum atomic E-state index is -0.394. The Hall–Kier alpha value is -3.13. The van der Waals surface area contributed by atoms with Crippen molar-refractivity contribution in [1.29, 1.82) is 0 Å². The highest BCUT2D eigenvalue weighted by Gasteiger charge is 2.38. The number of benzene rings is 1. The molecule has 2 aliphatic rings. The Bertz CT molecular complexity index is 1170. The maximum atomic E-state index is 13.3. The largest absolute Gasteiger partial charge is 0.356 e. The van der Waals surface area contributed by atoms with E-state index in [0.717, 1.165) is 44.6 Å². The van der Waals surface area contributed by atoms with Gasteiger partial charge in [-0.05, 0) is 37.1 Å². The van der Waals surface area contributed by atoms with Crippen LogP contribution in [0.5, 0.6) is 0 Å². The molecule has 2 aromatic heterocycles. The van der Waals surface area contributed by atoms with Crippen molar-refractivity contribution < 1.29 is 14.4 Å². The summed E-state index contributed by atoms with van der Waals surface area (Å²) < 4.78 is 0. The highest BCUT2D eigenvalue weighted by molar-refractivity contribution is 8.14. The van der Waals surface area contributed by atoms with Gasteiger partial charge in [-0.1, -0.05) is 36.0 Å². The molecule has 0 saturated carbocycles. The summed E-state index contributed by atoms with van der Waals surface area (Å²) in [5.41, 5.74) is 4.79. The third-order valence-corrected chi connectivity index (χ3v) is 6.54. The molecule has 1 aromatic carbocycles. The molecule has 1 fully saturated rings. The van der Waals surface area contributed by atoms with E-state index in [0.29, 0.717) is 13.0 Å². The van der Waals surface area contributed by atoms with Crippen LogP contribution in [0, 0.1) is 6.92 Å². The van der Waals surface area contributed by atoms with Crippen LogP contribution >= 0.6 is 11.8 Å². The number of hydrogen-bond donors (Lipinski definition) is 1. The molecule has 3 amide bonds. The molecule has 7 nitrogen and oxygen atoms in total. The Labute approximate surface area is 177 Å². The lowest BCUT2D eigenvalue weighted by Gasteiger charge is -2.36. The number of carbonyl (C=O) groups is 3. The van der Waals surface area contributed by atoms with Gasteiger partial charge in [0.25, 0.3) is 5.24 Å². The second-order valence-corrected chi connectivity index (χ2v) is 8.47. The van der Waals surface area contributed by atoms with Crippen LogP contribution in [0.25, 0.3) is 10.9 Å². The molecule has 3 aromatic rings. The number of para-hydroxylation sites is 1. The standard InChI is InChI=1S/C22H20N4O3S/c1-13-5-4-8-17(23-13)21-20-15(14-6-2-3-7-16(14)24-20)9-10-25(21)18(27)11-26-19(28)12-30-22(26)29/h2-8,21,24H,9-12H2,1H3/t21-/m1/s1. The van der Waals surface area contributed by atoms with Gasteiger partial charge in [0.2, 0.25) is 11.8 Å². The van der Waals surface area contributed by atoms with Crippen molar-refractivity contribution in [2.24, 2.45) is 0 Å². The number of nitrogens with one attached hydrogen (secondary N) is 1. The minimum Gasteiger partial charge on any atom is -0.356 e. The molecule has 0 unspecified atom stereocenters. The summed E-state index contributed by atoms with van der Waals surface area (Å²) in [5, 5.41) is 0.792. The van der Waals surface area contributed by atoms with E-state index in [4.69, 9.17) is 4.98 Å². The number of thioether (sulfide) groups is 1. The molecule has 1 saturated heterocycles. The van der Waals surface area contributed by atoms with Crippen molar-refractivity contribution in [2.45, 2.75) is 19.4 Å². The number of H-pyrrole nitrogens is 1. The lowest BCUT2D eigenvalue weighted by atomic mass is 9.94. The second-order valence-electron chi connectivity index (χ2n) is 7.54. The number of carbonyl (C=O) groups excluding carboxylic acids is 3. The smallest absolute Gasteiger partial charge is 0.289 e. The van der Waals surface area contributed by atoms with Gasteiger partial charge in [0, 0.05) is 28.8 Å². The zero-order valence-electron chi connectivity index (χ0n) is 16.4. The molecule has 152 valence electrons. The maximum Gasteiger partial charge on any atom is 0.289 e. The summed E-state index contributed by atoms with van der Waals surface area (Å²) in [6.07, 6.45) is 0.698. The van der Waals surface area contributed by atoms with Gasteiger partial charge in [0.1, 0.15) is 12.6 Å². The van der Waals surface area contributed by atoms with E-state index in [1.54, 1.807) is 4.90 Å². The van der Waals surface area contributed by atoms with Crippen molar-refractivity contribution in [1.82, 2.24) is 19.8 Å². The molecular formula is C22H20N4O3S. The maximum absolute atomic E-state index is 13.3. The van der Waals surface area contributed by atoms with Crippen molar-refractivity contribution in [3.8, 4) is 0 Å². The predicted octanol–water partition coefficient (Wildman–Crippen LogP) is 3.04. The number of hydrogen-bond acceptors (Lipinski definition) is 5. The number of fused-ring (bicyclic) bond motifs is 3. The van der Waals surface area contributed by atoms with Crippen molar-refractivity contribution in [3.05, 3.63) is 65.1 Å². The van der Waals surface area contributed by atoms with E-state index in [1.807, 2.05) is 43.3 Å². The molecule has 0 spiro atoms. The van der Waals surface area contributed by atoms with E-state index >= 15 is 0 Å². The minimum absolute atomic E-state index is 0.0984. The summed E-state index contributed by atoms with van der Waals surface area (Å²) in [7, 11) is 0. The first kappa shape index (κ1) is 18.9. The van der Waals surface area contributed by atoms with Crippen LogP contribution in [0.3, 0.4) is 0 Å². The fourth-order valence-electron chi connectivity index (χ4n) is 4.29. The zero-order chi connectivity index (χ0) is 20.8. The quantitative estimate of drug-likeness (QED) is 0.704. The summed E-state index contributed by atoms with van der Waals surface area (Å²) in [6, 6.07) is 13.5. The highest BCUT2D eigenvalue weighted by atomic mass is 32.2. The van der Waals surface area contributed by atoms with Gasteiger partial charge in [-0.25, -0.2) is 0 Å². The highest BCUT2D eigenvalue weighted by Crippen LogP contribution is 2.38. The average Bonchev–Trinajstić information content (AvgIpc) is 3.27. The Morgan fingerprint density at radius 3 is 2.80 bits per heavy atom. The molecule has 0 bridgehead atoms. The lowest BCUT2D eigenvalue weighted by Crippen LogP contribution is -2.46. The van der Waals surface area contributed by atoms with Gasteiger partial charge < -0.3 is 9.88 Å². The predicted molar refractivity (Wildman–Crippen MR) is 114 cm³/mol. The van der Waals surface area contributed by atoms with Gasteiger partial charge in [-0.15, -0.1) is 0 Å². The zero-order valence-corrected chi connectivity index (χ0v) is 17.2. The monoisotopic (exact) mass is 420 g/mol. The molecule has 0 aliphatic carbocycles. The van der Waals surface area contributed by atoms with Crippen molar-refractivity contribution in [2.75, 3.05) is 18.8 Å². The number of rotatable bonds is 3. The van der Waals surface area contributed by atoms with E-state index < -0.39 is 6.04 Å². The average molecular weight is 420 g/mol. The van der Waals surface area contributed by atoms with Crippen LogP contribution in [0.1, 0.15) is 28.7 Å². The van der Waals surface area contributed by atoms with Gasteiger partial charge in [-0.3, -0.25) is 24.3 Å². The first-order valence-electron chi connectivity index (χ1n) is 9.82. The summed E-state index contributed by atoms with van der Waals surface area (Å²) in [6.45, 7) is 2.18. The van der Waals surface area contributed by atoms with Crippen molar-refractivity contribution >= 4 is 39.7 Å². The van der Waals surface area contributed by atoms with Crippen LogP contribution in [-0.4, -0.2) is 55.7 Å². The molecule has 1 atom stereocenters. The van der Waals surface area contributed by atoms with Crippen LogP contribution in [-0.2, 0) is 16.0 Å². The summed E-state index contributed by atoms with van der Waals surface area (Å²) >= 11 is 0.941. The first-order valence-corrected chi connectivity index (χ1v) is 10.8. The molecule has 4 heterocycles. The number of amides is 3. The van der Waals surface area contributed by atoms with Gasteiger partial charge in [0.05, 0.1) is 11.4 Å². The molecular weight excluding hydrogens is 400 g/mol. The molecule has 5 rings (SSSR count). The number of aryl methyl sites for hydroxylation is 1. The fraction of sp³-hybridized carbons (Fsp3) is 0.273. The third-order valence-electron chi connectivity index (χ3n) is 5.68. The Kier molecular flexibility index (Phi) is 4.58. The van der Waals surface area contributed by atoms with Crippen LogP contribution < -0.4 is 0 Å². The van der Waals surface area contributed by atoms with Gasteiger partial charge >= 0.3 is 0 Å². The van der Waals surface area contributed by atoms with E-state index in [-0.39, 0.29) is 29.4 Å². The fourth-order valence-corrected chi connectivity index (χ4v) is 5.02. The van der Waals surface area contributed by atoms with E-state index in [1.165, 1.54) is 5.56 Å². The summed E-state index contributed by atoms with van der Waals surface area (Å²) in [5.74, 6) is -0.468. The summed E-state index contributed by atoms with van der Waals surface area (Å²) in [4.78, 5) is 48.3. The SMILES string of the molecule is Cc1cccc([C@@H]2c3[nH]c4ccccc4c3CCN2C(=O)CN2C(=O)CSC2=O)n1. The molecule has 2 aliphatic heterocycles. The second kappa shape index (κ2) is 7.28. The Morgan fingerprint density at radius 1 is 1.20 bits per heavy atom. The lowest BCUT2D eigenvalue weighted by molar-refractivity contribution is -0.138. The van der Waals surface area contributed by atoms with Crippen LogP contribution in [0.2, 0.25) is 0 Å². The topological polar surface area (TPSA) is 86.4 Å². The third kappa shape index (κ3) is 3.08. The Morgan fingerprint density at radius 2 is 2.03 bits per heavy atom. The van der Waals surface area contributed by atoms with E-state index in [2.05, 4.69) is 11.1 Å². The molecule has 1 N–H and O–H groups in total. The number of pyridine rings is 1.